The smallest absolute Gasteiger partial charge is 0.137 e. The van der Waals surface area contributed by atoms with Crippen LogP contribution in [0.1, 0.15) is 26.5 Å². The standard InChI is InChI=1S/C18H25N3/c1-5-11-21(14(3)4)18-17-10-8-7-9-15(17)12-16(20-18)13-19-6-2/h5,7-10,12,14,19H,1,6,11,13H2,2-4H3. The third kappa shape index (κ3) is 3.61. The molecule has 1 aromatic carbocycles. The number of anilines is 1. The maximum absolute atomic E-state index is 4.89. The summed E-state index contributed by atoms with van der Waals surface area (Å²) in [6.07, 6.45) is 1.94. The first-order valence-electron chi connectivity index (χ1n) is 7.64. The molecular weight excluding hydrogens is 258 g/mol. The monoisotopic (exact) mass is 283 g/mol. The van der Waals surface area contributed by atoms with Crippen LogP contribution in [0.2, 0.25) is 0 Å². The number of pyridine rings is 1. The Morgan fingerprint density at radius 2 is 2.10 bits per heavy atom. The number of nitrogens with zero attached hydrogens (tertiary/aromatic N) is 2. The molecule has 0 saturated heterocycles. The minimum atomic E-state index is 0.383. The molecule has 0 aliphatic heterocycles. The third-order valence-corrected chi connectivity index (χ3v) is 3.55. The lowest BCUT2D eigenvalue weighted by Gasteiger charge is -2.28. The fourth-order valence-corrected chi connectivity index (χ4v) is 2.48. The molecular formula is C18H25N3. The van der Waals surface area contributed by atoms with Crippen LogP contribution in [-0.2, 0) is 6.54 Å². The Bertz CT molecular complexity index is 604. The zero-order valence-electron chi connectivity index (χ0n) is 13.3. The highest BCUT2D eigenvalue weighted by Gasteiger charge is 2.15. The maximum Gasteiger partial charge on any atom is 0.137 e. The number of hydrogen-bond donors (Lipinski definition) is 1. The van der Waals surface area contributed by atoms with Crippen molar-refractivity contribution in [3.05, 3.63) is 48.7 Å². The van der Waals surface area contributed by atoms with Crippen LogP contribution in [0.4, 0.5) is 5.82 Å². The first kappa shape index (κ1) is 15.5. The van der Waals surface area contributed by atoms with Gasteiger partial charge in [-0.2, -0.15) is 0 Å². The van der Waals surface area contributed by atoms with E-state index in [0.29, 0.717) is 6.04 Å². The maximum atomic E-state index is 4.89. The lowest BCUT2D eigenvalue weighted by Crippen LogP contribution is -2.32. The molecule has 0 atom stereocenters. The first-order chi connectivity index (χ1) is 10.2. The lowest BCUT2D eigenvalue weighted by atomic mass is 10.1. The van der Waals surface area contributed by atoms with Gasteiger partial charge in [-0.1, -0.05) is 37.3 Å². The van der Waals surface area contributed by atoms with E-state index in [-0.39, 0.29) is 0 Å². The summed E-state index contributed by atoms with van der Waals surface area (Å²) in [6, 6.07) is 11.0. The second kappa shape index (κ2) is 7.23. The minimum Gasteiger partial charge on any atom is -0.350 e. The Labute approximate surface area is 127 Å². The van der Waals surface area contributed by atoms with Gasteiger partial charge in [-0.3, -0.25) is 0 Å². The van der Waals surface area contributed by atoms with Crippen LogP contribution in [0.5, 0.6) is 0 Å². The van der Waals surface area contributed by atoms with Gasteiger partial charge >= 0.3 is 0 Å². The fraction of sp³-hybridized carbons (Fsp3) is 0.389. The Morgan fingerprint density at radius 1 is 1.33 bits per heavy atom. The summed E-state index contributed by atoms with van der Waals surface area (Å²) in [7, 11) is 0. The highest BCUT2D eigenvalue weighted by Crippen LogP contribution is 2.27. The summed E-state index contributed by atoms with van der Waals surface area (Å²) in [5.41, 5.74) is 1.08. The van der Waals surface area contributed by atoms with E-state index < -0.39 is 0 Å². The summed E-state index contributed by atoms with van der Waals surface area (Å²) in [5, 5.41) is 5.80. The quantitative estimate of drug-likeness (QED) is 0.785. The van der Waals surface area contributed by atoms with Crippen molar-refractivity contribution in [2.45, 2.75) is 33.4 Å². The minimum absolute atomic E-state index is 0.383. The number of fused-ring (bicyclic) bond motifs is 1. The number of hydrogen-bond acceptors (Lipinski definition) is 3. The van der Waals surface area contributed by atoms with Gasteiger partial charge in [0.1, 0.15) is 5.82 Å². The van der Waals surface area contributed by atoms with E-state index in [1.807, 2.05) is 6.08 Å². The van der Waals surface area contributed by atoms with E-state index in [4.69, 9.17) is 4.98 Å². The van der Waals surface area contributed by atoms with Crippen LogP contribution in [-0.4, -0.2) is 24.1 Å². The average Bonchev–Trinajstić information content (AvgIpc) is 2.49. The highest BCUT2D eigenvalue weighted by atomic mass is 15.2. The predicted molar refractivity (Wildman–Crippen MR) is 91.8 cm³/mol. The lowest BCUT2D eigenvalue weighted by molar-refractivity contribution is 0.692. The van der Waals surface area contributed by atoms with E-state index in [1.54, 1.807) is 0 Å². The molecule has 1 aromatic heterocycles. The van der Waals surface area contributed by atoms with E-state index in [2.05, 4.69) is 67.9 Å². The molecule has 0 fully saturated rings. The average molecular weight is 283 g/mol. The van der Waals surface area contributed by atoms with Crippen molar-refractivity contribution in [2.24, 2.45) is 0 Å². The fourth-order valence-electron chi connectivity index (χ4n) is 2.48. The Balaban J connectivity index is 2.54. The van der Waals surface area contributed by atoms with Crippen LogP contribution in [0.15, 0.2) is 43.0 Å². The number of benzene rings is 1. The predicted octanol–water partition coefficient (Wildman–Crippen LogP) is 3.75. The molecule has 2 aromatic rings. The zero-order chi connectivity index (χ0) is 15.2. The van der Waals surface area contributed by atoms with E-state index in [9.17, 15) is 0 Å². The van der Waals surface area contributed by atoms with Crippen LogP contribution >= 0.6 is 0 Å². The molecule has 3 heteroatoms. The van der Waals surface area contributed by atoms with Crippen molar-refractivity contribution in [2.75, 3.05) is 18.0 Å². The van der Waals surface area contributed by atoms with Crippen LogP contribution < -0.4 is 10.2 Å². The molecule has 112 valence electrons. The zero-order valence-corrected chi connectivity index (χ0v) is 13.3. The highest BCUT2D eigenvalue weighted by molar-refractivity contribution is 5.92. The Kier molecular flexibility index (Phi) is 5.34. The van der Waals surface area contributed by atoms with Gasteiger partial charge in [0.2, 0.25) is 0 Å². The van der Waals surface area contributed by atoms with E-state index in [1.165, 1.54) is 10.8 Å². The van der Waals surface area contributed by atoms with Crippen molar-refractivity contribution < 1.29 is 0 Å². The van der Waals surface area contributed by atoms with Gasteiger partial charge < -0.3 is 10.2 Å². The molecule has 0 unspecified atom stereocenters. The normalized spacial score (nSPS) is 11.0. The number of rotatable bonds is 7. The van der Waals surface area contributed by atoms with Gasteiger partial charge in [0.15, 0.2) is 0 Å². The van der Waals surface area contributed by atoms with Crippen molar-refractivity contribution in [1.82, 2.24) is 10.3 Å². The van der Waals surface area contributed by atoms with E-state index >= 15 is 0 Å². The van der Waals surface area contributed by atoms with Gasteiger partial charge in [0.05, 0.1) is 5.69 Å². The second-order valence-corrected chi connectivity index (χ2v) is 5.47. The van der Waals surface area contributed by atoms with Gasteiger partial charge in [0, 0.05) is 24.5 Å². The molecule has 0 spiro atoms. The Hall–Kier alpha value is -1.87. The second-order valence-electron chi connectivity index (χ2n) is 5.47. The SMILES string of the molecule is C=CCN(c1nc(CNCC)cc2ccccc12)C(C)C. The van der Waals surface area contributed by atoms with Crippen molar-refractivity contribution in [1.29, 1.82) is 0 Å². The van der Waals surface area contributed by atoms with Crippen LogP contribution in [0, 0.1) is 0 Å². The third-order valence-electron chi connectivity index (χ3n) is 3.55. The molecule has 0 radical (unpaired) electrons. The molecule has 21 heavy (non-hydrogen) atoms. The molecule has 3 nitrogen and oxygen atoms in total. The summed E-state index contributed by atoms with van der Waals surface area (Å²) in [4.78, 5) is 7.19. The first-order valence-corrected chi connectivity index (χ1v) is 7.64. The van der Waals surface area contributed by atoms with Crippen LogP contribution in [0.25, 0.3) is 10.8 Å². The van der Waals surface area contributed by atoms with Gasteiger partial charge in [-0.15, -0.1) is 6.58 Å². The molecule has 1 N–H and O–H groups in total. The Morgan fingerprint density at radius 3 is 2.76 bits per heavy atom. The molecule has 1 heterocycles. The summed E-state index contributed by atoms with van der Waals surface area (Å²) in [5.74, 6) is 1.05. The van der Waals surface area contributed by atoms with Crippen LogP contribution in [0.3, 0.4) is 0 Å². The van der Waals surface area contributed by atoms with Gasteiger partial charge in [-0.05, 0) is 31.8 Å². The summed E-state index contributed by atoms with van der Waals surface area (Å²) in [6.45, 7) is 12.9. The van der Waals surface area contributed by atoms with Crippen molar-refractivity contribution in [3.63, 3.8) is 0 Å². The van der Waals surface area contributed by atoms with Crippen molar-refractivity contribution >= 4 is 16.6 Å². The summed E-state index contributed by atoms with van der Waals surface area (Å²) >= 11 is 0. The molecule has 0 amide bonds. The summed E-state index contributed by atoms with van der Waals surface area (Å²) < 4.78 is 0. The molecule has 0 aliphatic rings. The largest absolute Gasteiger partial charge is 0.350 e. The molecule has 0 bridgehead atoms. The van der Waals surface area contributed by atoms with Gasteiger partial charge in [-0.25, -0.2) is 4.98 Å². The number of nitrogens with one attached hydrogen (secondary N) is 1. The van der Waals surface area contributed by atoms with Gasteiger partial charge in [0.25, 0.3) is 0 Å². The topological polar surface area (TPSA) is 28.2 Å². The molecule has 0 aliphatic carbocycles. The van der Waals surface area contributed by atoms with Crippen molar-refractivity contribution in [3.8, 4) is 0 Å². The number of aromatic nitrogens is 1. The van der Waals surface area contributed by atoms with E-state index in [0.717, 1.165) is 31.1 Å². The molecule has 0 saturated carbocycles. The molecule has 2 rings (SSSR count).